The number of hydrogen-bond acceptors (Lipinski definition) is 2. The number of para-hydroxylation sites is 2. The maximum absolute atomic E-state index is 4.42. The van der Waals surface area contributed by atoms with Crippen LogP contribution in [0.3, 0.4) is 0 Å². The summed E-state index contributed by atoms with van der Waals surface area (Å²) in [5, 5.41) is 0. The lowest BCUT2D eigenvalue weighted by molar-refractivity contribution is -0.658. The van der Waals surface area contributed by atoms with Crippen LogP contribution in [0.25, 0.3) is 16.9 Å². The van der Waals surface area contributed by atoms with Gasteiger partial charge in [0.2, 0.25) is 0 Å². The van der Waals surface area contributed by atoms with E-state index in [0.29, 0.717) is 0 Å². The summed E-state index contributed by atoms with van der Waals surface area (Å²) in [7, 11) is 2.09. The average Bonchev–Trinajstić information content (AvgIpc) is 3.10. The number of imidazole rings is 1. The van der Waals surface area contributed by atoms with Crippen molar-refractivity contribution in [2.45, 2.75) is 6.92 Å². The molecule has 3 heterocycles. The van der Waals surface area contributed by atoms with Crippen LogP contribution < -0.4 is 9.47 Å². The van der Waals surface area contributed by atoms with Crippen LogP contribution in [-0.2, 0) is 7.05 Å². The summed E-state index contributed by atoms with van der Waals surface area (Å²) in [6.07, 6.45) is 5.93. The van der Waals surface area contributed by atoms with Crippen molar-refractivity contribution in [2.75, 3.05) is 4.90 Å². The largest absolute Gasteiger partial charge is 0.311 e. The molecular formula is C22H19N4+. The molecule has 0 bridgehead atoms. The number of aryl methyl sites for hydroxylation is 2. The predicted molar refractivity (Wildman–Crippen MR) is 103 cm³/mol. The van der Waals surface area contributed by atoms with E-state index in [1.54, 1.807) is 0 Å². The second kappa shape index (κ2) is 5.56. The molecule has 0 unspecified atom stereocenters. The van der Waals surface area contributed by atoms with E-state index < -0.39 is 0 Å². The lowest BCUT2D eigenvalue weighted by atomic mass is 10.1. The van der Waals surface area contributed by atoms with Crippen LogP contribution in [0.5, 0.6) is 0 Å². The summed E-state index contributed by atoms with van der Waals surface area (Å²) in [6.45, 7) is 2.16. The van der Waals surface area contributed by atoms with Crippen molar-refractivity contribution in [3.63, 3.8) is 0 Å². The van der Waals surface area contributed by atoms with Crippen molar-refractivity contribution in [1.29, 1.82) is 0 Å². The van der Waals surface area contributed by atoms with Gasteiger partial charge in [0.25, 0.3) is 0 Å². The van der Waals surface area contributed by atoms with Gasteiger partial charge in [0.1, 0.15) is 17.1 Å². The second-order valence-electron chi connectivity index (χ2n) is 6.62. The fourth-order valence-corrected chi connectivity index (χ4v) is 3.79. The molecule has 1 aliphatic rings. The van der Waals surface area contributed by atoms with Crippen molar-refractivity contribution in [1.82, 2.24) is 9.55 Å². The van der Waals surface area contributed by atoms with Gasteiger partial charge in [-0.3, -0.25) is 4.57 Å². The summed E-state index contributed by atoms with van der Waals surface area (Å²) in [5.41, 5.74) is 6.96. The van der Waals surface area contributed by atoms with Crippen molar-refractivity contribution in [2.24, 2.45) is 7.05 Å². The fraction of sp³-hybridized carbons (Fsp3) is 0.0909. The van der Waals surface area contributed by atoms with Crippen LogP contribution in [0.2, 0.25) is 0 Å². The van der Waals surface area contributed by atoms with Crippen LogP contribution in [0.15, 0.2) is 79.4 Å². The molecule has 0 N–H and O–H groups in total. The molecular weight excluding hydrogens is 320 g/mol. The molecule has 4 nitrogen and oxygen atoms in total. The van der Waals surface area contributed by atoms with Gasteiger partial charge in [-0.1, -0.05) is 30.3 Å². The normalized spacial score (nSPS) is 12.2. The Morgan fingerprint density at radius 2 is 1.58 bits per heavy atom. The van der Waals surface area contributed by atoms with Gasteiger partial charge in [0.15, 0.2) is 0 Å². The third-order valence-electron chi connectivity index (χ3n) is 5.01. The fourth-order valence-electron chi connectivity index (χ4n) is 3.79. The number of nitrogens with zero attached hydrogens (tertiary/aromatic N) is 4. The zero-order valence-corrected chi connectivity index (χ0v) is 14.8. The summed E-state index contributed by atoms with van der Waals surface area (Å²) < 4.78 is 4.35. The molecule has 126 valence electrons. The van der Waals surface area contributed by atoms with Crippen molar-refractivity contribution < 1.29 is 4.57 Å². The molecule has 4 heteroatoms. The minimum Gasteiger partial charge on any atom is -0.291 e. The van der Waals surface area contributed by atoms with Crippen LogP contribution in [0.4, 0.5) is 17.2 Å². The first-order valence-electron chi connectivity index (χ1n) is 8.72. The van der Waals surface area contributed by atoms with E-state index in [1.165, 1.54) is 16.8 Å². The zero-order chi connectivity index (χ0) is 17.7. The highest BCUT2D eigenvalue weighted by Crippen LogP contribution is 2.45. The third-order valence-corrected chi connectivity index (χ3v) is 5.01. The Bertz CT molecular complexity index is 1130. The molecule has 0 saturated carbocycles. The molecule has 0 atom stereocenters. The SMILES string of the molecule is Cc1ccccc1N1c2ccccc2-c2cncn2-c2ccc[n+](C)c21. The Labute approximate surface area is 152 Å². The maximum atomic E-state index is 4.42. The molecule has 2 aromatic carbocycles. The first-order valence-corrected chi connectivity index (χ1v) is 8.72. The number of anilines is 3. The van der Waals surface area contributed by atoms with Crippen LogP contribution in [0, 0.1) is 6.92 Å². The highest BCUT2D eigenvalue weighted by molar-refractivity contribution is 5.90. The molecule has 0 saturated heterocycles. The predicted octanol–water partition coefficient (Wildman–Crippen LogP) is 4.46. The number of aromatic nitrogens is 3. The maximum Gasteiger partial charge on any atom is 0.311 e. The van der Waals surface area contributed by atoms with E-state index in [1.807, 2.05) is 12.5 Å². The van der Waals surface area contributed by atoms with E-state index in [0.717, 1.165) is 22.9 Å². The standard InChI is InChI=1S/C22H19N4/c1-16-8-3-5-10-18(16)26-19-11-6-4-9-17(19)21-14-23-15-25(21)20-12-7-13-24(2)22(20)26/h3-15H,1-2H3/q+1. The summed E-state index contributed by atoms with van der Waals surface area (Å²) in [4.78, 5) is 6.78. The molecule has 2 aromatic heterocycles. The van der Waals surface area contributed by atoms with Crippen molar-refractivity contribution in [3.05, 3.63) is 84.9 Å². The molecule has 1 aliphatic heterocycles. The minimum atomic E-state index is 1.10. The van der Waals surface area contributed by atoms with Crippen molar-refractivity contribution >= 4 is 17.2 Å². The van der Waals surface area contributed by atoms with E-state index in [9.17, 15) is 0 Å². The number of fused-ring (bicyclic) bond motifs is 5. The van der Waals surface area contributed by atoms with Gasteiger partial charge >= 0.3 is 5.82 Å². The Morgan fingerprint density at radius 1 is 0.846 bits per heavy atom. The van der Waals surface area contributed by atoms with Gasteiger partial charge in [-0.15, -0.1) is 0 Å². The Balaban J connectivity index is 1.95. The topological polar surface area (TPSA) is 24.9 Å². The van der Waals surface area contributed by atoms with Gasteiger partial charge in [-0.05, 0) is 42.8 Å². The second-order valence-corrected chi connectivity index (χ2v) is 6.62. The number of benzene rings is 2. The smallest absolute Gasteiger partial charge is 0.291 e. The van der Waals surface area contributed by atoms with Crippen LogP contribution >= 0.6 is 0 Å². The van der Waals surface area contributed by atoms with Gasteiger partial charge < -0.3 is 0 Å². The lowest BCUT2D eigenvalue weighted by Crippen LogP contribution is -2.36. The zero-order valence-electron chi connectivity index (χ0n) is 14.8. The summed E-state index contributed by atoms with van der Waals surface area (Å²) >= 11 is 0. The number of rotatable bonds is 1. The summed E-state index contributed by atoms with van der Waals surface area (Å²) in [5.74, 6) is 1.12. The number of hydrogen-bond donors (Lipinski definition) is 0. The molecule has 4 aromatic rings. The molecule has 0 aliphatic carbocycles. The highest BCUT2D eigenvalue weighted by atomic mass is 15.3. The van der Waals surface area contributed by atoms with Gasteiger partial charge in [-0.2, -0.15) is 4.90 Å². The third kappa shape index (κ3) is 2.02. The molecule has 0 spiro atoms. The molecule has 0 radical (unpaired) electrons. The van der Waals surface area contributed by atoms with Gasteiger partial charge in [0.05, 0.1) is 31.5 Å². The Morgan fingerprint density at radius 3 is 2.42 bits per heavy atom. The molecule has 5 rings (SSSR count). The van der Waals surface area contributed by atoms with Crippen molar-refractivity contribution in [3.8, 4) is 16.9 Å². The molecule has 26 heavy (non-hydrogen) atoms. The lowest BCUT2D eigenvalue weighted by Gasteiger charge is -2.21. The van der Waals surface area contributed by atoms with E-state index in [2.05, 4.69) is 99.9 Å². The first-order chi connectivity index (χ1) is 12.8. The molecule has 0 amide bonds. The van der Waals surface area contributed by atoms with E-state index >= 15 is 0 Å². The summed E-state index contributed by atoms with van der Waals surface area (Å²) in [6, 6.07) is 21.3. The van der Waals surface area contributed by atoms with Gasteiger partial charge in [-0.25, -0.2) is 9.55 Å². The number of pyridine rings is 1. The monoisotopic (exact) mass is 339 g/mol. The quantitative estimate of drug-likeness (QED) is 0.421. The van der Waals surface area contributed by atoms with Gasteiger partial charge in [0, 0.05) is 5.56 Å². The van der Waals surface area contributed by atoms with E-state index in [-0.39, 0.29) is 0 Å². The minimum absolute atomic E-state index is 1.10. The Hall–Kier alpha value is -3.40. The van der Waals surface area contributed by atoms with Crippen LogP contribution in [-0.4, -0.2) is 9.55 Å². The Kier molecular flexibility index (Phi) is 3.19. The van der Waals surface area contributed by atoms with Crippen LogP contribution in [0.1, 0.15) is 5.56 Å². The first kappa shape index (κ1) is 14.9. The van der Waals surface area contributed by atoms with E-state index in [4.69, 9.17) is 0 Å². The highest BCUT2D eigenvalue weighted by Gasteiger charge is 2.34. The average molecular weight is 339 g/mol. The molecule has 0 fully saturated rings.